The molecule has 18 heavy (non-hydrogen) atoms. The van der Waals surface area contributed by atoms with Crippen molar-refractivity contribution in [1.29, 1.82) is 0 Å². The molecule has 106 valence electrons. The van der Waals surface area contributed by atoms with E-state index in [0.29, 0.717) is 19.0 Å². The second-order valence-electron chi connectivity index (χ2n) is 5.72. The van der Waals surface area contributed by atoms with Crippen LogP contribution in [0.25, 0.3) is 0 Å². The van der Waals surface area contributed by atoms with E-state index < -0.39 is 0 Å². The van der Waals surface area contributed by atoms with Gasteiger partial charge in [0.05, 0.1) is 12.5 Å². The number of ether oxygens (including phenoxy) is 1. The van der Waals surface area contributed by atoms with E-state index in [1.807, 2.05) is 0 Å². The Morgan fingerprint density at radius 1 is 1.33 bits per heavy atom. The number of nitrogens with two attached hydrogens (primary N) is 1. The molecule has 1 saturated carbocycles. The van der Waals surface area contributed by atoms with Gasteiger partial charge in [-0.25, -0.2) is 0 Å². The van der Waals surface area contributed by atoms with E-state index in [2.05, 4.69) is 19.2 Å². The molecular formula is C14H28N2O2. The van der Waals surface area contributed by atoms with Crippen molar-refractivity contribution in [2.24, 2.45) is 17.6 Å². The lowest BCUT2D eigenvalue weighted by Crippen LogP contribution is -2.40. The number of rotatable bonds is 6. The Bertz CT molecular complexity index is 244. The molecule has 0 aliphatic heterocycles. The molecule has 1 aliphatic carbocycles. The molecule has 1 fully saturated rings. The molecule has 0 spiro atoms. The topological polar surface area (TPSA) is 64.3 Å². The number of carbonyl (C=O) groups is 1. The van der Waals surface area contributed by atoms with Crippen LogP contribution in [0.3, 0.4) is 0 Å². The van der Waals surface area contributed by atoms with Gasteiger partial charge < -0.3 is 15.8 Å². The van der Waals surface area contributed by atoms with Crippen molar-refractivity contribution in [3.63, 3.8) is 0 Å². The largest absolute Gasteiger partial charge is 0.380 e. The highest BCUT2D eigenvalue weighted by molar-refractivity contribution is 5.76. The van der Waals surface area contributed by atoms with E-state index in [1.165, 1.54) is 12.8 Å². The van der Waals surface area contributed by atoms with E-state index >= 15 is 0 Å². The molecule has 0 aromatic rings. The zero-order valence-electron chi connectivity index (χ0n) is 11.9. The highest BCUT2D eigenvalue weighted by Crippen LogP contribution is 2.29. The monoisotopic (exact) mass is 256 g/mol. The fourth-order valence-electron chi connectivity index (χ4n) is 2.69. The van der Waals surface area contributed by atoms with Gasteiger partial charge in [-0.15, -0.1) is 0 Å². The number of hydrogen-bond donors (Lipinski definition) is 2. The number of carbonyl (C=O) groups excluding carboxylic acids is 1. The first-order chi connectivity index (χ1) is 8.56. The summed E-state index contributed by atoms with van der Waals surface area (Å²) in [5.74, 6) is 1.66. The van der Waals surface area contributed by atoms with Gasteiger partial charge >= 0.3 is 0 Å². The molecular weight excluding hydrogens is 228 g/mol. The number of amides is 1. The summed E-state index contributed by atoms with van der Waals surface area (Å²) in [6, 6.07) is 0.350. The van der Waals surface area contributed by atoms with Gasteiger partial charge in [0.1, 0.15) is 0 Å². The lowest BCUT2D eigenvalue weighted by Gasteiger charge is -2.31. The maximum absolute atomic E-state index is 11.8. The molecule has 0 saturated heterocycles. The van der Waals surface area contributed by atoms with Gasteiger partial charge in [0, 0.05) is 19.7 Å². The number of methoxy groups -OCH3 is 1. The molecule has 1 amide bonds. The van der Waals surface area contributed by atoms with Crippen LogP contribution in [0.5, 0.6) is 0 Å². The average molecular weight is 256 g/mol. The summed E-state index contributed by atoms with van der Waals surface area (Å²) in [6.45, 7) is 4.96. The molecule has 1 rings (SSSR count). The van der Waals surface area contributed by atoms with Gasteiger partial charge in [0.2, 0.25) is 5.91 Å². The van der Waals surface area contributed by atoms with Crippen LogP contribution >= 0.6 is 0 Å². The minimum atomic E-state index is -0.156. The highest BCUT2D eigenvalue weighted by atomic mass is 16.5. The lowest BCUT2D eigenvalue weighted by molar-refractivity contribution is -0.124. The van der Waals surface area contributed by atoms with Crippen LogP contribution in [-0.4, -0.2) is 31.7 Å². The molecule has 0 heterocycles. The number of hydrogen-bond acceptors (Lipinski definition) is 3. The summed E-state index contributed by atoms with van der Waals surface area (Å²) in [6.07, 6.45) is 4.89. The van der Waals surface area contributed by atoms with E-state index in [1.54, 1.807) is 7.11 Å². The predicted octanol–water partition coefficient (Wildman–Crippen LogP) is 1.68. The second kappa shape index (κ2) is 7.74. The molecule has 1 atom stereocenters. The van der Waals surface area contributed by atoms with Crippen molar-refractivity contribution in [1.82, 2.24) is 5.32 Å². The molecule has 0 aromatic carbocycles. The van der Waals surface area contributed by atoms with Crippen LogP contribution in [-0.2, 0) is 9.53 Å². The summed E-state index contributed by atoms with van der Waals surface area (Å²) in [4.78, 5) is 11.8. The van der Waals surface area contributed by atoms with Crippen LogP contribution < -0.4 is 11.1 Å². The van der Waals surface area contributed by atoms with Crippen molar-refractivity contribution >= 4 is 5.91 Å². The summed E-state index contributed by atoms with van der Waals surface area (Å²) in [5.41, 5.74) is 5.51. The fourth-order valence-corrected chi connectivity index (χ4v) is 2.69. The van der Waals surface area contributed by atoms with Crippen LogP contribution in [0, 0.1) is 11.8 Å². The zero-order chi connectivity index (χ0) is 13.5. The van der Waals surface area contributed by atoms with Crippen LogP contribution in [0.15, 0.2) is 0 Å². The van der Waals surface area contributed by atoms with E-state index in [-0.39, 0.29) is 12.0 Å². The van der Waals surface area contributed by atoms with Crippen LogP contribution in [0.2, 0.25) is 0 Å². The molecule has 0 aromatic heterocycles. The third-order valence-electron chi connectivity index (χ3n) is 4.09. The van der Waals surface area contributed by atoms with Crippen molar-refractivity contribution in [2.75, 3.05) is 13.7 Å². The van der Waals surface area contributed by atoms with E-state index in [9.17, 15) is 4.79 Å². The standard InChI is InChI=1S/C14H28N2O2/c1-10(2)11-4-6-12(7-5-11)16-14(17)8-13(9-15)18-3/h10-13H,4-9,15H2,1-3H3,(H,16,17). The Morgan fingerprint density at radius 3 is 2.39 bits per heavy atom. The third kappa shape index (κ3) is 4.94. The second-order valence-corrected chi connectivity index (χ2v) is 5.72. The summed E-state index contributed by atoms with van der Waals surface area (Å²) >= 11 is 0. The highest BCUT2D eigenvalue weighted by Gasteiger charge is 2.24. The minimum absolute atomic E-state index is 0.0697. The average Bonchev–Trinajstić information content (AvgIpc) is 2.36. The molecule has 0 radical (unpaired) electrons. The van der Waals surface area contributed by atoms with Gasteiger partial charge in [-0.1, -0.05) is 13.8 Å². The maximum atomic E-state index is 11.8. The fraction of sp³-hybridized carbons (Fsp3) is 0.929. The van der Waals surface area contributed by atoms with E-state index in [4.69, 9.17) is 10.5 Å². The van der Waals surface area contributed by atoms with Crippen molar-refractivity contribution < 1.29 is 9.53 Å². The van der Waals surface area contributed by atoms with Crippen molar-refractivity contribution in [3.05, 3.63) is 0 Å². The lowest BCUT2D eigenvalue weighted by atomic mass is 9.79. The van der Waals surface area contributed by atoms with E-state index in [0.717, 1.165) is 24.7 Å². The maximum Gasteiger partial charge on any atom is 0.222 e. The molecule has 0 bridgehead atoms. The Labute approximate surface area is 111 Å². The quantitative estimate of drug-likeness (QED) is 0.760. The summed E-state index contributed by atoms with van der Waals surface area (Å²) < 4.78 is 5.12. The SMILES string of the molecule is COC(CN)CC(=O)NC1CCC(C(C)C)CC1. The Balaban J connectivity index is 2.26. The summed E-state index contributed by atoms with van der Waals surface area (Å²) in [5, 5.41) is 3.10. The van der Waals surface area contributed by atoms with Gasteiger partial charge in [-0.2, -0.15) is 0 Å². The Morgan fingerprint density at radius 2 is 1.94 bits per heavy atom. The molecule has 1 unspecified atom stereocenters. The first-order valence-corrected chi connectivity index (χ1v) is 7.09. The third-order valence-corrected chi connectivity index (χ3v) is 4.09. The van der Waals surface area contributed by atoms with Crippen molar-refractivity contribution in [2.45, 2.75) is 58.1 Å². The number of nitrogens with one attached hydrogen (secondary N) is 1. The Hall–Kier alpha value is -0.610. The zero-order valence-corrected chi connectivity index (χ0v) is 11.9. The summed E-state index contributed by atoms with van der Waals surface area (Å²) in [7, 11) is 1.60. The predicted molar refractivity (Wildman–Crippen MR) is 73.2 cm³/mol. The normalized spacial score (nSPS) is 26.1. The first kappa shape index (κ1) is 15.4. The van der Waals surface area contributed by atoms with Gasteiger partial charge in [-0.3, -0.25) is 4.79 Å². The van der Waals surface area contributed by atoms with Gasteiger partial charge in [0.25, 0.3) is 0 Å². The molecule has 4 heteroatoms. The van der Waals surface area contributed by atoms with Crippen molar-refractivity contribution in [3.8, 4) is 0 Å². The smallest absolute Gasteiger partial charge is 0.222 e. The minimum Gasteiger partial charge on any atom is -0.380 e. The van der Waals surface area contributed by atoms with Crippen LogP contribution in [0.1, 0.15) is 46.0 Å². The molecule has 3 N–H and O–H groups in total. The first-order valence-electron chi connectivity index (χ1n) is 7.09. The molecule has 4 nitrogen and oxygen atoms in total. The van der Waals surface area contributed by atoms with Crippen LogP contribution in [0.4, 0.5) is 0 Å². The Kier molecular flexibility index (Phi) is 6.65. The molecule has 1 aliphatic rings. The van der Waals surface area contributed by atoms with Gasteiger partial charge in [0.15, 0.2) is 0 Å². The van der Waals surface area contributed by atoms with Gasteiger partial charge in [-0.05, 0) is 37.5 Å².